The van der Waals surface area contributed by atoms with Crippen molar-refractivity contribution in [3.8, 4) is 16.9 Å². The summed E-state index contributed by atoms with van der Waals surface area (Å²) in [6, 6.07) is 11.1. The van der Waals surface area contributed by atoms with Gasteiger partial charge in [0.2, 0.25) is 0 Å². The number of rotatable bonds is 6. The fraction of sp³-hybridized carbons (Fsp3) is 0.333. The lowest BCUT2D eigenvalue weighted by molar-refractivity contribution is 0.408. The number of benzene rings is 2. The zero-order chi connectivity index (χ0) is 15.2. The molecule has 0 saturated carbocycles. The van der Waals surface area contributed by atoms with Crippen molar-refractivity contribution in [2.24, 2.45) is 0 Å². The first-order valence-electron chi connectivity index (χ1n) is 7.29. The first-order chi connectivity index (χ1) is 10.1. The second-order valence-corrected chi connectivity index (χ2v) is 5.22. The molecule has 0 saturated heterocycles. The lowest BCUT2D eigenvalue weighted by atomic mass is 10.0. The number of hydrogen-bond donors (Lipinski definition) is 1. The van der Waals surface area contributed by atoms with Crippen LogP contribution in [-0.4, -0.2) is 13.7 Å². The van der Waals surface area contributed by atoms with Crippen LogP contribution in [0.3, 0.4) is 0 Å². The molecule has 0 aliphatic heterocycles. The van der Waals surface area contributed by atoms with Gasteiger partial charge in [-0.1, -0.05) is 19.1 Å². The van der Waals surface area contributed by atoms with E-state index in [0.29, 0.717) is 0 Å². The lowest BCUT2D eigenvalue weighted by Crippen LogP contribution is -2.14. The van der Waals surface area contributed by atoms with E-state index >= 15 is 0 Å². The molecule has 3 heteroatoms. The van der Waals surface area contributed by atoms with Crippen LogP contribution in [-0.2, 0) is 6.54 Å². The Labute approximate surface area is 126 Å². The molecule has 112 valence electrons. The maximum atomic E-state index is 13.6. The average Bonchev–Trinajstić information content (AvgIpc) is 2.46. The van der Waals surface area contributed by atoms with Gasteiger partial charge in [0.25, 0.3) is 0 Å². The van der Waals surface area contributed by atoms with Crippen molar-refractivity contribution < 1.29 is 9.13 Å². The predicted molar refractivity (Wildman–Crippen MR) is 85.1 cm³/mol. The zero-order valence-corrected chi connectivity index (χ0v) is 12.9. The van der Waals surface area contributed by atoms with Gasteiger partial charge in [0.1, 0.15) is 11.6 Å². The average molecular weight is 287 g/mol. The number of ether oxygens (including phenoxy) is 1. The standard InChI is InChI=1S/C18H22FNO/c1-4-7-20-12-16-10-14(5-6-18(16)21-3)15-8-13(2)9-17(19)11-15/h5-6,8-11,20H,4,7,12H2,1-3H3. The van der Waals surface area contributed by atoms with E-state index in [2.05, 4.69) is 18.3 Å². The van der Waals surface area contributed by atoms with Gasteiger partial charge >= 0.3 is 0 Å². The van der Waals surface area contributed by atoms with Crippen LogP contribution in [0.25, 0.3) is 11.1 Å². The molecule has 0 radical (unpaired) electrons. The van der Waals surface area contributed by atoms with Gasteiger partial charge in [0.15, 0.2) is 0 Å². The monoisotopic (exact) mass is 287 g/mol. The molecule has 21 heavy (non-hydrogen) atoms. The topological polar surface area (TPSA) is 21.3 Å². The van der Waals surface area contributed by atoms with Gasteiger partial charge in [-0.05, 0) is 60.8 Å². The Kier molecular flexibility index (Phi) is 5.34. The van der Waals surface area contributed by atoms with Crippen LogP contribution in [0.4, 0.5) is 4.39 Å². The minimum atomic E-state index is -0.202. The highest BCUT2D eigenvalue weighted by atomic mass is 19.1. The number of nitrogens with one attached hydrogen (secondary N) is 1. The molecule has 0 aromatic heterocycles. The van der Waals surface area contributed by atoms with Crippen molar-refractivity contribution in [2.75, 3.05) is 13.7 Å². The van der Waals surface area contributed by atoms with Crippen molar-refractivity contribution in [3.63, 3.8) is 0 Å². The van der Waals surface area contributed by atoms with Crippen LogP contribution in [0.15, 0.2) is 36.4 Å². The number of aryl methyl sites for hydroxylation is 1. The van der Waals surface area contributed by atoms with Gasteiger partial charge in [-0.2, -0.15) is 0 Å². The summed E-state index contributed by atoms with van der Waals surface area (Å²) in [7, 11) is 1.67. The molecule has 0 spiro atoms. The summed E-state index contributed by atoms with van der Waals surface area (Å²) >= 11 is 0. The smallest absolute Gasteiger partial charge is 0.124 e. The Balaban J connectivity index is 2.33. The Hall–Kier alpha value is -1.87. The third kappa shape index (κ3) is 4.05. The summed E-state index contributed by atoms with van der Waals surface area (Å²) in [6.07, 6.45) is 1.09. The summed E-state index contributed by atoms with van der Waals surface area (Å²) in [6.45, 7) is 5.75. The largest absolute Gasteiger partial charge is 0.496 e. The van der Waals surface area contributed by atoms with Gasteiger partial charge in [0, 0.05) is 12.1 Å². The van der Waals surface area contributed by atoms with Gasteiger partial charge in [-0.25, -0.2) is 4.39 Å². The molecule has 2 aromatic rings. The van der Waals surface area contributed by atoms with Gasteiger partial charge < -0.3 is 10.1 Å². The molecule has 0 aliphatic rings. The van der Waals surface area contributed by atoms with Crippen LogP contribution in [0.1, 0.15) is 24.5 Å². The summed E-state index contributed by atoms with van der Waals surface area (Å²) in [5.74, 6) is 0.655. The van der Waals surface area contributed by atoms with E-state index < -0.39 is 0 Å². The van der Waals surface area contributed by atoms with E-state index in [1.807, 2.05) is 25.1 Å². The van der Waals surface area contributed by atoms with E-state index in [1.165, 1.54) is 6.07 Å². The fourth-order valence-corrected chi connectivity index (χ4v) is 2.40. The first-order valence-corrected chi connectivity index (χ1v) is 7.29. The third-order valence-corrected chi connectivity index (χ3v) is 3.40. The minimum Gasteiger partial charge on any atom is -0.496 e. The second kappa shape index (κ2) is 7.23. The molecule has 0 aliphatic carbocycles. The molecule has 0 bridgehead atoms. The molecule has 0 fully saturated rings. The van der Waals surface area contributed by atoms with Crippen LogP contribution in [0.5, 0.6) is 5.75 Å². The molecule has 0 amide bonds. The van der Waals surface area contributed by atoms with Crippen molar-refractivity contribution in [1.29, 1.82) is 0 Å². The first kappa shape index (κ1) is 15.5. The van der Waals surface area contributed by atoms with E-state index in [-0.39, 0.29) is 5.82 Å². The van der Waals surface area contributed by atoms with Crippen LogP contribution >= 0.6 is 0 Å². The molecule has 2 rings (SSSR count). The highest BCUT2D eigenvalue weighted by Crippen LogP contribution is 2.27. The maximum Gasteiger partial charge on any atom is 0.124 e. The molecule has 0 heterocycles. The second-order valence-electron chi connectivity index (χ2n) is 5.22. The fourth-order valence-electron chi connectivity index (χ4n) is 2.40. The number of methoxy groups -OCH3 is 1. The number of halogens is 1. The summed E-state index contributed by atoms with van der Waals surface area (Å²) in [5, 5.41) is 3.37. The quantitative estimate of drug-likeness (QED) is 0.799. The van der Waals surface area contributed by atoms with Gasteiger partial charge in [-0.15, -0.1) is 0 Å². The van der Waals surface area contributed by atoms with Crippen LogP contribution in [0, 0.1) is 12.7 Å². The van der Waals surface area contributed by atoms with Gasteiger partial charge in [0.05, 0.1) is 7.11 Å². The normalized spacial score (nSPS) is 10.7. The Morgan fingerprint density at radius 3 is 2.57 bits per heavy atom. The van der Waals surface area contributed by atoms with Crippen LogP contribution in [0.2, 0.25) is 0 Å². The van der Waals surface area contributed by atoms with Crippen molar-refractivity contribution in [1.82, 2.24) is 5.32 Å². The minimum absolute atomic E-state index is 0.202. The Morgan fingerprint density at radius 2 is 1.90 bits per heavy atom. The number of hydrogen-bond acceptors (Lipinski definition) is 2. The SMILES string of the molecule is CCCNCc1cc(-c2cc(C)cc(F)c2)ccc1OC. The summed E-state index contributed by atoms with van der Waals surface area (Å²) in [4.78, 5) is 0. The van der Waals surface area contributed by atoms with Crippen molar-refractivity contribution in [3.05, 3.63) is 53.3 Å². The van der Waals surface area contributed by atoms with E-state index in [1.54, 1.807) is 13.2 Å². The summed E-state index contributed by atoms with van der Waals surface area (Å²) in [5.41, 5.74) is 3.91. The molecular weight excluding hydrogens is 265 g/mol. The highest BCUT2D eigenvalue weighted by molar-refractivity contribution is 5.66. The highest BCUT2D eigenvalue weighted by Gasteiger charge is 2.07. The van der Waals surface area contributed by atoms with E-state index in [9.17, 15) is 4.39 Å². The third-order valence-electron chi connectivity index (χ3n) is 3.40. The van der Waals surface area contributed by atoms with E-state index in [4.69, 9.17) is 4.74 Å². The Morgan fingerprint density at radius 1 is 1.10 bits per heavy atom. The molecule has 2 aromatic carbocycles. The zero-order valence-electron chi connectivity index (χ0n) is 12.9. The molecule has 2 nitrogen and oxygen atoms in total. The van der Waals surface area contributed by atoms with E-state index in [0.717, 1.165) is 47.5 Å². The van der Waals surface area contributed by atoms with Gasteiger partial charge in [-0.3, -0.25) is 0 Å². The molecule has 1 N–H and O–H groups in total. The Bertz CT molecular complexity index is 590. The maximum absolute atomic E-state index is 13.6. The summed E-state index contributed by atoms with van der Waals surface area (Å²) < 4.78 is 19.0. The molecule has 0 unspecified atom stereocenters. The molecule has 0 atom stereocenters. The lowest BCUT2D eigenvalue weighted by Gasteiger charge is -2.12. The predicted octanol–water partition coefficient (Wildman–Crippen LogP) is 4.31. The van der Waals surface area contributed by atoms with Crippen molar-refractivity contribution in [2.45, 2.75) is 26.8 Å². The van der Waals surface area contributed by atoms with Crippen LogP contribution < -0.4 is 10.1 Å². The van der Waals surface area contributed by atoms with Crippen molar-refractivity contribution >= 4 is 0 Å². The molecular formula is C18H22FNO.